The lowest BCUT2D eigenvalue weighted by molar-refractivity contribution is 0.00393. The summed E-state index contributed by atoms with van der Waals surface area (Å²) in [7, 11) is 0. The summed E-state index contributed by atoms with van der Waals surface area (Å²) in [4.78, 5) is 0. The molecule has 2 atom stereocenters. The van der Waals surface area contributed by atoms with E-state index in [1.807, 2.05) is 6.07 Å². The number of halogens is 2. The van der Waals surface area contributed by atoms with Gasteiger partial charge in [-0.3, -0.25) is 0 Å². The van der Waals surface area contributed by atoms with Crippen LogP contribution in [0.15, 0.2) is 18.2 Å². The Kier molecular flexibility index (Phi) is 3.71. The SMILES string of the molecule is Cc1cccc(C)c1CC(N)C1CCC(F)(F)C1. The van der Waals surface area contributed by atoms with Gasteiger partial charge in [0, 0.05) is 18.9 Å². The predicted molar refractivity (Wildman–Crippen MR) is 69.9 cm³/mol. The Labute approximate surface area is 107 Å². The lowest BCUT2D eigenvalue weighted by Crippen LogP contribution is -2.32. The Morgan fingerprint density at radius 1 is 1.33 bits per heavy atom. The van der Waals surface area contributed by atoms with Crippen molar-refractivity contribution in [1.29, 1.82) is 0 Å². The van der Waals surface area contributed by atoms with E-state index in [0.717, 1.165) is 0 Å². The molecule has 1 aliphatic rings. The summed E-state index contributed by atoms with van der Waals surface area (Å²) in [6.07, 6.45) is 1.22. The third-order valence-electron chi connectivity index (χ3n) is 4.13. The summed E-state index contributed by atoms with van der Waals surface area (Å²) >= 11 is 0. The number of hydrogen-bond acceptors (Lipinski definition) is 1. The van der Waals surface area contributed by atoms with Crippen LogP contribution >= 0.6 is 0 Å². The standard InChI is InChI=1S/C15H21F2N/c1-10-4-3-5-11(2)13(10)8-14(18)12-6-7-15(16,17)9-12/h3-5,12,14H,6-9,18H2,1-2H3. The first-order valence-electron chi connectivity index (χ1n) is 6.57. The smallest absolute Gasteiger partial charge is 0.248 e. The minimum absolute atomic E-state index is 0.00186. The van der Waals surface area contributed by atoms with Gasteiger partial charge in [-0.1, -0.05) is 18.2 Å². The van der Waals surface area contributed by atoms with Gasteiger partial charge in [-0.05, 0) is 49.3 Å². The minimum Gasteiger partial charge on any atom is -0.327 e. The van der Waals surface area contributed by atoms with Crippen LogP contribution in [0, 0.1) is 19.8 Å². The fourth-order valence-corrected chi connectivity index (χ4v) is 2.92. The average Bonchev–Trinajstić information content (AvgIpc) is 2.64. The van der Waals surface area contributed by atoms with E-state index in [2.05, 4.69) is 26.0 Å². The van der Waals surface area contributed by atoms with E-state index in [-0.39, 0.29) is 24.8 Å². The second-order valence-electron chi connectivity index (χ2n) is 5.60. The van der Waals surface area contributed by atoms with Crippen LogP contribution < -0.4 is 5.73 Å². The Balaban J connectivity index is 2.06. The van der Waals surface area contributed by atoms with Crippen molar-refractivity contribution in [2.75, 3.05) is 0 Å². The first-order valence-corrected chi connectivity index (χ1v) is 6.57. The van der Waals surface area contributed by atoms with Gasteiger partial charge in [0.05, 0.1) is 0 Å². The summed E-state index contributed by atoms with van der Waals surface area (Å²) < 4.78 is 26.4. The van der Waals surface area contributed by atoms with E-state index in [4.69, 9.17) is 5.73 Å². The molecule has 0 amide bonds. The largest absolute Gasteiger partial charge is 0.327 e. The zero-order valence-electron chi connectivity index (χ0n) is 11.0. The van der Waals surface area contributed by atoms with Crippen LogP contribution in [0.4, 0.5) is 8.78 Å². The minimum atomic E-state index is -2.50. The Hall–Kier alpha value is -0.960. The molecule has 1 nitrogen and oxygen atoms in total. The molecule has 1 aromatic rings. The average molecular weight is 253 g/mol. The predicted octanol–water partition coefficient (Wildman–Crippen LogP) is 3.61. The summed E-state index contributed by atoms with van der Waals surface area (Å²) in [5.41, 5.74) is 9.77. The molecule has 1 saturated carbocycles. The van der Waals surface area contributed by atoms with Gasteiger partial charge in [0.1, 0.15) is 0 Å². The second-order valence-corrected chi connectivity index (χ2v) is 5.60. The molecule has 0 spiro atoms. The molecule has 0 aromatic heterocycles. The van der Waals surface area contributed by atoms with Crippen molar-refractivity contribution < 1.29 is 8.78 Å². The van der Waals surface area contributed by atoms with Gasteiger partial charge in [0.2, 0.25) is 5.92 Å². The normalized spacial score (nSPS) is 24.2. The van der Waals surface area contributed by atoms with Crippen molar-refractivity contribution in [2.24, 2.45) is 11.7 Å². The van der Waals surface area contributed by atoms with E-state index in [0.29, 0.717) is 12.8 Å². The highest BCUT2D eigenvalue weighted by Gasteiger charge is 2.41. The topological polar surface area (TPSA) is 26.0 Å². The Morgan fingerprint density at radius 2 is 1.94 bits per heavy atom. The van der Waals surface area contributed by atoms with E-state index in [1.54, 1.807) is 0 Å². The third-order valence-corrected chi connectivity index (χ3v) is 4.13. The maximum atomic E-state index is 13.2. The lowest BCUT2D eigenvalue weighted by Gasteiger charge is -2.21. The van der Waals surface area contributed by atoms with Crippen LogP contribution in [0.1, 0.15) is 36.0 Å². The lowest BCUT2D eigenvalue weighted by atomic mass is 9.89. The highest BCUT2D eigenvalue weighted by atomic mass is 19.3. The van der Waals surface area contributed by atoms with Crippen LogP contribution in [0.2, 0.25) is 0 Å². The highest BCUT2D eigenvalue weighted by Crippen LogP contribution is 2.40. The van der Waals surface area contributed by atoms with E-state index in [1.165, 1.54) is 16.7 Å². The number of hydrogen-bond donors (Lipinski definition) is 1. The number of benzene rings is 1. The summed E-state index contributed by atoms with van der Waals surface area (Å²) in [6, 6.07) is 5.97. The number of alkyl halides is 2. The summed E-state index contributed by atoms with van der Waals surface area (Å²) in [5.74, 6) is -2.54. The molecule has 0 aliphatic heterocycles. The first kappa shape index (κ1) is 13.5. The summed E-state index contributed by atoms with van der Waals surface area (Å²) in [5, 5.41) is 0. The Morgan fingerprint density at radius 3 is 2.44 bits per heavy atom. The maximum absolute atomic E-state index is 13.2. The molecule has 18 heavy (non-hydrogen) atoms. The molecule has 0 saturated heterocycles. The zero-order chi connectivity index (χ0) is 13.3. The summed E-state index contributed by atoms with van der Waals surface area (Å²) in [6.45, 7) is 4.11. The van der Waals surface area contributed by atoms with E-state index in [9.17, 15) is 8.78 Å². The molecular weight excluding hydrogens is 232 g/mol. The van der Waals surface area contributed by atoms with Crippen LogP contribution in [-0.4, -0.2) is 12.0 Å². The van der Waals surface area contributed by atoms with Crippen molar-refractivity contribution in [2.45, 2.75) is 51.5 Å². The van der Waals surface area contributed by atoms with Crippen molar-refractivity contribution >= 4 is 0 Å². The molecule has 2 rings (SSSR count). The second kappa shape index (κ2) is 4.96. The molecule has 1 aliphatic carbocycles. The molecule has 1 aromatic carbocycles. The first-order chi connectivity index (χ1) is 8.39. The monoisotopic (exact) mass is 253 g/mol. The van der Waals surface area contributed by atoms with Gasteiger partial charge in [0.25, 0.3) is 0 Å². The van der Waals surface area contributed by atoms with Crippen molar-refractivity contribution in [3.8, 4) is 0 Å². The van der Waals surface area contributed by atoms with Crippen molar-refractivity contribution in [1.82, 2.24) is 0 Å². The van der Waals surface area contributed by atoms with Gasteiger partial charge in [-0.2, -0.15) is 0 Å². The number of nitrogens with two attached hydrogens (primary N) is 1. The van der Waals surface area contributed by atoms with E-state index < -0.39 is 5.92 Å². The molecule has 0 heterocycles. The molecule has 0 radical (unpaired) electrons. The quantitative estimate of drug-likeness (QED) is 0.875. The van der Waals surface area contributed by atoms with Gasteiger partial charge in [-0.25, -0.2) is 8.78 Å². The van der Waals surface area contributed by atoms with E-state index >= 15 is 0 Å². The van der Waals surface area contributed by atoms with Crippen molar-refractivity contribution in [3.63, 3.8) is 0 Å². The van der Waals surface area contributed by atoms with Crippen LogP contribution in [0.5, 0.6) is 0 Å². The third kappa shape index (κ3) is 2.89. The maximum Gasteiger partial charge on any atom is 0.248 e. The molecule has 0 bridgehead atoms. The van der Waals surface area contributed by atoms with Gasteiger partial charge < -0.3 is 5.73 Å². The van der Waals surface area contributed by atoms with Crippen LogP contribution in [0.3, 0.4) is 0 Å². The molecule has 1 fully saturated rings. The highest BCUT2D eigenvalue weighted by molar-refractivity contribution is 5.34. The molecule has 100 valence electrons. The zero-order valence-corrected chi connectivity index (χ0v) is 11.0. The van der Waals surface area contributed by atoms with Gasteiger partial charge >= 0.3 is 0 Å². The fourth-order valence-electron chi connectivity index (χ4n) is 2.92. The molecule has 2 unspecified atom stereocenters. The van der Waals surface area contributed by atoms with Gasteiger partial charge in [-0.15, -0.1) is 0 Å². The van der Waals surface area contributed by atoms with Crippen molar-refractivity contribution in [3.05, 3.63) is 34.9 Å². The molecule has 3 heteroatoms. The molecule has 2 N–H and O–H groups in total. The van der Waals surface area contributed by atoms with Gasteiger partial charge in [0.15, 0.2) is 0 Å². The number of aryl methyl sites for hydroxylation is 2. The fraction of sp³-hybridized carbons (Fsp3) is 0.600. The molecular formula is C15H21F2N. The Bertz CT molecular complexity index is 408. The van der Waals surface area contributed by atoms with Crippen LogP contribution in [0.25, 0.3) is 0 Å². The van der Waals surface area contributed by atoms with Crippen LogP contribution in [-0.2, 0) is 6.42 Å². The number of rotatable bonds is 3.